The number of furan rings is 1. The Morgan fingerprint density at radius 3 is 2.30 bits per heavy atom. The summed E-state index contributed by atoms with van der Waals surface area (Å²) in [6.07, 6.45) is 4.97. The molecule has 0 radical (unpaired) electrons. The van der Waals surface area contributed by atoms with Crippen molar-refractivity contribution in [2.24, 2.45) is 0 Å². The number of nitrogens with zero attached hydrogens (tertiary/aromatic N) is 3. The summed E-state index contributed by atoms with van der Waals surface area (Å²) in [5, 5.41) is 0. The molecular weight excluding hydrogens is 294 g/mol. The molecule has 1 atom stereocenters. The minimum atomic E-state index is -0.103. The van der Waals surface area contributed by atoms with Crippen molar-refractivity contribution in [1.82, 2.24) is 14.7 Å². The zero-order valence-corrected chi connectivity index (χ0v) is 13.7. The van der Waals surface area contributed by atoms with Gasteiger partial charge in [0.05, 0.1) is 12.3 Å². The van der Waals surface area contributed by atoms with Gasteiger partial charge in [0.2, 0.25) is 5.91 Å². The third-order valence-electron chi connectivity index (χ3n) is 4.91. The van der Waals surface area contributed by atoms with Crippen molar-refractivity contribution in [2.75, 3.05) is 39.3 Å². The van der Waals surface area contributed by atoms with Crippen LogP contribution in [0.3, 0.4) is 0 Å². The van der Waals surface area contributed by atoms with Gasteiger partial charge in [0.25, 0.3) is 5.91 Å². The Labute approximate surface area is 137 Å². The SMILES string of the molecule is CC(C(=O)N1CCCCC1)N1CCN(C(=O)c2ccco2)CC1. The van der Waals surface area contributed by atoms with Gasteiger partial charge in [0, 0.05) is 39.3 Å². The van der Waals surface area contributed by atoms with Gasteiger partial charge in [-0.3, -0.25) is 14.5 Å². The lowest BCUT2D eigenvalue weighted by Gasteiger charge is -2.39. The highest BCUT2D eigenvalue weighted by molar-refractivity contribution is 5.91. The molecule has 2 saturated heterocycles. The quantitative estimate of drug-likeness (QED) is 0.846. The molecule has 0 aromatic carbocycles. The monoisotopic (exact) mass is 319 g/mol. The van der Waals surface area contributed by atoms with Crippen LogP contribution in [-0.4, -0.2) is 71.8 Å². The maximum absolute atomic E-state index is 12.6. The lowest BCUT2D eigenvalue weighted by Crippen LogP contribution is -2.56. The Hall–Kier alpha value is -1.82. The van der Waals surface area contributed by atoms with Crippen LogP contribution in [0.15, 0.2) is 22.8 Å². The van der Waals surface area contributed by atoms with Crippen LogP contribution < -0.4 is 0 Å². The third-order valence-corrected chi connectivity index (χ3v) is 4.91. The average molecular weight is 319 g/mol. The molecule has 0 saturated carbocycles. The number of rotatable bonds is 3. The molecule has 3 rings (SSSR count). The zero-order valence-electron chi connectivity index (χ0n) is 13.7. The molecule has 126 valence electrons. The van der Waals surface area contributed by atoms with Crippen LogP contribution in [0.2, 0.25) is 0 Å². The average Bonchev–Trinajstić information content (AvgIpc) is 3.15. The van der Waals surface area contributed by atoms with Crippen LogP contribution >= 0.6 is 0 Å². The lowest BCUT2D eigenvalue weighted by atomic mass is 10.1. The smallest absolute Gasteiger partial charge is 0.289 e. The summed E-state index contributed by atoms with van der Waals surface area (Å²) in [7, 11) is 0. The Bertz CT molecular complexity index is 529. The Morgan fingerprint density at radius 2 is 1.70 bits per heavy atom. The van der Waals surface area contributed by atoms with Gasteiger partial charge in [-0.05, 0) is 38.3 Å². The normalized spacial score (nSPS) is 21.3. The van der Waals surface area contributed by atoms with Crippen LogP contribution in [0.25, 0.3) is 0 Å². The standard InChI is InChI=1S/C17H25N3O3/c1-14(16(21)19-7-3-2-4-8-19)18-9-11-20(12-10-18)17(22)15-6-5-13-23-15/h5-6,13-14H,2-4,7-12H2,1H3. The van der Waals surface area contributed by atoms with Gasteiger partial charge >= 0.3 is 0 Å². The van der Waals surface area contributed by atoms with Crippen molar-refractivity contribution >= 4 is 11.8 Å². The van der Waals surface area contributed by atoms with E-state index in [9.17, 15) is 9.59 Å². The number of piperidine rings is 1. The summed E-state index contributed by atoms with van der Waals surface area (Å²) in [6, 6.07) is 3.31. The largest absolute Gasteiger partial charge is 0.459 e. The molecule has 1 aromatic heterocycles. The molecule has 2 aliphatic rings. The Balaban J connectivity index is 1.51. The second-order valence-corrected chi connectivity index (χ2v) is 6.37. The number of amides is 2. The van der Waals surface area contributed by atoms with E-state index in [4.69, 9.17) is 4.42 Å². The first kappa shape index (κ1) is 16.1. The minimum Gasteiger partial charge on any atom is -0.459 e. The van der Waals surface area contributed by atoms with E-state index in [-0.39, 0.29) is 17.9 Å². The molecule has 23 heavy (non-hydrogen) atoms. The molecule has 0 N–H and O–H groups in total. The van der Waals surface area contributed by atoms with E-state index in [2.05, 4.69) is 4.90 Å². The highest BCUT2D eigenvalue weighted by atomic mass is 16.3. The molecular formula is C17H25N3O3. The fourth-order valence-electron chi connectivity index (χ4n) is 3.40. The number of hydrogen-bond donors (Lipinski definition) is 0. The fourth-order valence-corrected chi connectivity index (χ4v) is 3.40. The van der Waals surface area contributed by atoms with Crippen LogP contribution in [-0.2, 0) is 4.79 Å². The van der Waals surface area contributed by atoms with Gasteiger partial charge < -0.3 is 14.2 Å². The van der Waals surface area contributed by atoms with E-state index in [0.717, 1.165) is 39.0 Å². The van der Waals surface area contributed by atoms with Crippen LogP contribution in [0, 0.1) is 0 Å². The lowest BCUT2D eigenvalue weighted by molar-refractivity contribution is -0.137. The molecule has 2 fully saturated rings. The van der Waals surface area contributed by atoms with E-state index in [1.165, 1.54) is 12.7 Å². The summed E-state index contributed by atoms with van der Waals surface area (Å²) in [6.45, 7) is 6.50. The molecule has 1 aromatic rings. The molecule has 0 bridgehead atoms. The molecule has 0 spiro atoms. The highest BCUT2D eigenvalue weighted by Gasteiger charge is 2.31. The van der Waals surface area contributed by atoms with Crippen molar-refractivity contribution in [3.8, 4) is 0 Å². The van der Waals surface area contributed by atoms with E-state index in [1.54, 1.807) is 17.0 Å². The molecule has 0 aliphatic carbocycles. The summed E-state index contributed by atoms with van der Waals surface area (Å²) in [4.78, 5) is 30.8. The van der Waals surface area contributed by atoms with Gasteiger partial charge in [0.1, 0.15) is 0 Å². The van der Waals surface area contributed by atoms with Crippen molar-refractivity contribution in [2.45, 2.75) is 32.2 Å². The molecule has 6 nitrogen and oxygen atoms in total. The first-order chi connectivity index (χ1) is 11.2. The summed E-state index contributed by atoms with van der Waals surface area (Å²) >= 11 is 0. The van der Waals surface area contributed by atoms with Crippen molar-refractivity contribution in [3.63, 3.8) is 0 Å². The first-order valence-corrected chi connectivity index (χ1v) is 8.52. The van der Waals surface area contributed by atoms with Crippen molar-refractivity contribution in [3.05, 3.63) is 24.2 Å². The summed E-state index contributed by atoms with van der Waals surface area (Å²) in [5.74, 6) is 0.552. The van der Waals surface area contributed by atoms with Crippen LogP contribution in [0.1, 0.15) is 36.7 Å². The number of likely N-dealkylation sites (tertiary alicyclic amines) is 1. The van der Waals surface area contributed by atoms with Gasteiger partial charge in [-0.2, -0.15) is 0 Å². The molecule has 1 unspecified atom stereocenters. The number of carbonyl (C=O) groups is 2. The molecule has 3 heterocycles. The second-order valence-electron chi connectivity index (χ2n) is 6.37. The number of piperazine rings is 1. The second kappa shape index (κ2) is 7.17. The summed E-state index contributed by atoms with van der Waals surface area (Å²) in [5.41, 5.74) is 0. The molecule has 2 aliphatic heterocycles. The van der Waals surface area contributed by atoms with Crippen LogP contribution in [0.4, 0.5) is 0 Å². The maximum Gasteiger partial charge on any atom is 0.289 e. The highest BCUT2D eigenvalue weighted by Crippen LogP contribution is 2.15. The van der Waals surface area contributed by atoms with Gasteiger partial charge in [-0.1, -0.05) is 0 Å². The van der Waals surface area contributed by atoms with Gasteiger partial charge in [-0.25, -0.2) is 0 Å². The first-order valence-electron chi connectivity index (χ1n) is 8.52. The topological polar surface area (TPSA) is 57.0 Å². The molecule has 2 amide bonds. The number of hydrogen-bond acceptors (Lipinski definition) is 4. The van der Waals surface area contributed by atoms with Crippen molar-refractivity contribution < 1.29 is 14.0 Å². The predicted molar refractivity (Wildman–Crippen MR) is 86.1 cm³/mol. The van der Waals surface area contributed by atoms with E-state index in [1.807, 2.05) is 11.8 Å². The van der Waals surface area contributed by atoms with Gasteiger partial charge in [0.15, 0.2) is 5.76 Å². The third kappa shape index (κ3) is 3.58. The predicted octanol–water partition coefficient (Wildman–Crippen LogP) is 1.44. The fraction of sp³-hybridized carbons (Fsp3) is 0.647. The van der Waals surface area contributed by atoms with E-state index in [0.29, 0.717) is 18.8 Å². The maximum atomic E-state index is 12.6. The van der Waals surface area contributed by atoms with Crippen molar-refractivity contribution in [1.29, 1.82) is 0 Å². The Kier molecular flexibility index (Phi) is 5.00. The van der Waals surface area contributed by atoms with E-state index < -0.39 is 0 Å². The Morgan fingerprint density at radius 1 is 1.00 bits per heavy atom. The minimum absolute atomic E-state index is 0.0651. The van der Waals surface area contributed by atoms with Crippen LogP contribution in [0.5, 0.6) is 0 Å². The number of carbonyl (C=O) groups excluding carboxylic acids is 2. The summed E-state index contributed by atoms with van der Waals surface area (Å²) < 4.78 is 5.17. The van der Waals surface area contributed by atoms with Gasteiger partial charge in [-0.15, -0.1) is 0 Å². The zero-order chi connectivity index (χ0) is 16.2. The van der Waals surface area contributed by atoms with E-state index >= 15 is 0 Å². The molecule has 6 heteroatoms.